The van der Waals surface area contributed by atoms with E-state index >= 15 is 0 Å². The molecule has 1 N–H and O–H groups in total. The highest BCUT2D eigenvalue weighted by Gasteiger charge is 2.20. The molecule has 1 aromatic heterocycles. The number of anilines is 1. The van der Waals surface area contributed by atoms with E-state index < -0.39 is 27.8 Å². The zero-order chi connectivity index (χ0) is 19.4. The van der Waals surface area contributed by atoms with Gasteiger partial charge in [-0.1, -0.05) is 41.9 Å². The number of amides is 1. The third-order valence-corrected chi connectivity index (χ3v) is 5.60. The average molecular weight is 404 g/mol. The monoisotopic (exact) mass is 403 g/mol. The lowest BCUT2D eigenvalue weighted by atomic mass is 10.3. The molecule has 0 atom stereocenters. The first-order valence-electron chi connectivity index (χ1n) is 7.80. The summed E-state index contributed by atoms with van der Waals surface area (Å²) in [5, 5.41) is 6.42. The van der Waals surface area contributed by atoms with Crippen molar-refractivity contribution in [3.63, 3.8) is 0 Å². The molecular weight excluding hydrogens is 390 g/mol. The first-order valence-corrected chi connectivity index (χ1v) is 9.67. The number of halogens is 1. The van der Waals surface area contributed by atoms with Gasteiger partial charge in [-0.15, -0.1) is 0 Å². The van der Waals surface area contributed by atoms with E-state index in [9.17, 15) is 18.0 Å². The van der Waals surface area contributed by atoms with Crippen molar-refractivity contribution in [2.45, 2.75) is 16.5 Å². The van der Waals surface area contributed by atoms with E-state index in [-0.39, 0.29) is 9.92 Å². The van der Waals surface area contributed by atoms with E-state index in [2.05, 4.69) is 10.4 Å². The van der Waals surface area contributed by atoms with Gasteiger partial charge in [-0.2, -0.15) is 5.10 Å². The minimum atomic E-state index is -3.90. The molecule has 0 spiro atoms. The molecule has 0 unspecified atom stereocenters. The van der Waals surface area contributed by atoms with Crippen LogP contribution in [0.2, 0.25) is 5.02 Å². The molecule has 0 aliphatic carbocycles. The van der Waals surface area contributed by atoms with Gasteiger partial charge in [0.15, 0.2) is 5.03 Å². The van der Waals surface area contributed by atoms with E-state index in [0.717, 1.165) is 16.8 Å². The summed E-state index contributed by atoms with van der Waals surface area (Å²) in [6.45, 7) is -0.456. The molecule has 0 aliphatic heterocycles. The number of carbonyl (C=O) groups excluding carboxylic acids is 1. The molecule has 1 amide bonds. The number of nitrogens with zero attached hydrogens (tertiary/aromatic N) is 2. The SMILES string of the molecule is O=C(Cn1nc(S(=O)(=O)c2ccccc2)ccc1=O)Nc1ccccc1Cl. The molecular formula is C18H14ClN3O4S. The fraction of sp³-hybridized carbons (Fsp3) is 0.0556. The van der Waals surface area contributed by atoms with Crippen molar-refractivity contribution < 1.29 is 13.2 Å². The number of carbonyl (C=O) groups is 1. The molecule has 0 aliphatic rings. The van der Waals surface area contributed by atoms with Crippen LogP contribution in [0.15, 0.2) is 81.4 Å². The molecule has 9 heteroatoms. The molecule has 138 valence electrons. The van der Waals surface area contributed by atoms with Gasteiger partial charge >= 0.3 is 0 Å². The summed E-state index contributed by atoms with van der Waals surface area (Å²) in [6, 6.07) is 16.5. The van der Waals surface area contributed by atoms with Gasteiger partial charge in [0, 0.05) is 6.07 Å². The van der Waals surface area contributed by atoms with Gasteiger partial charge in [-0.3, -0.25) is 9.59 Å². The molecule has 1 heterocycles. The van der Waals surface area contributed by atoms with Crippen LogP contribution >= 0.6 is 11.6 Å². The van der Waals surface area contributed by atoms with Crippen LogP contribution in [0.5, 0.6) is 0 Å². The first kappa shape index (κ1) is 18.8. The Morgan fingerprint density at radius 1 is 1.00 bits per heavy atom. The Hall–Kier alpha value is -2.97. The average Bonchev–Trinajstić information content (AvgIpc) is 2.66. The fourth-order valence-corrected chi connectivity index (χ4v) is 3.69. The number of para-hydroxylation sites is 1. The highest BCUT2D eigenvalue weighted by atomic mass is 35.5. The second-order valence-corrected chi connectivity index (χ2v) is 7.82. The van der Waals surface area contributed by atoms with Gasteiger partial charge in [0.1, 0.15) is 6.54 Å². The van der Waals surface area contributed by atoms with Gasteiger partial charge in [0.05, 0.1) is 15.6 Å². The van der Waals surface area contributed by atoms with Crippen LogP contribution in [-0.4, -0.2) is 24.1 Å². The number of benzene rings is 2. The van der Waals surface area contributed by atoms with E-state index in [4.69, 9.17) is 11.6 Å². The van der Waals surface area contributed by atoms with Gasteiger partial charge in [0.25, 0.3) is 5.56 Å². The number of hydrogen-bond acceptors (Lipinski definition) is 5. The molecule has 7 nitrogen and oxygen atoms in total. The quantitative estimate of drug-likeness (QED) is 0.705. The number of rotatable bonds is 5. The predicted molar refractivity (Wildman–Crippen MR) is 100 cm³/mol. The van der Waals surface area contributed by atoms with Crippen molar-refractivity contribution in [2.75, 3.05) is 5.32 Å². The van der Waals surface area contributed by atoms with Crippen LogP contribution in [0.3, 0.4) is 0 Å². The molecule has 0 bridgehead atoms. The van der Waals surface area contributed by atoms with Crippen molar-refractivity contribution in [3.8, 4) is 0 Å². The molecule has 2 aromatic carbocycles. The van der Waals surface area contributed by atoms with E-state index in [1.807, 2.05) is 0 Å². The van der Waals surface area contributed by atoms with Gasteiger partial charge in [-0.25, -0.2) is 13.1 Å². The van der Waals surface area contributed by atoms with Crippen LogP contribution in [0.25, 0.3) is 0 Å². The number of hydrogen-bond donors (Lipinski definition) is 1. The van der Waals surface area contributed by atoms with Crippen molar-refractivity contribution in [2.24, 2.45) is 0 Å². The lowest BCUT2D eigenvalue weighted by molar-refractivity contribution is -0.117. The summed E-state index contributed by atoms with van der Waals surface area (Å²) in [5.41, 5.74) is -0.221. The molecule has 27 heavy (non-hydrogen) atoms. The Bertz CT molecular complexity index is 1140. The Labute approximate surface area is 160 Å². The van der Waals surface area contributed by atoms with Crippen LogP contribution in [-0.2, 0) is 21.2 Å². The van der Waals surface area contributed by atoms with Crippen LogP contribution in [0, 0.1) is 0 Å². The molecule has 0 saturated carbocycles. The van der Waals surface area contributed by atoms with Crippen molar-refractivity contribution in [3.05, 3.63) is 82.1 Å². The maximum Gasteiger partial charge on any atom is 0.267 e. The van der Waals surface area contributed by atoms with Gasteiger partial charge < -0.3 is 5.32 Å². The zero-order valence-electron chi connectivity index (χ0n) is 13.9. The lowest BCUT2D eigenvalue weighted by Crippen LogP contribution is -2.30. The van der Waals surface area contributed by atoms with E-state index in [1.54, 1.807) is 42.5 Å². The van der Waals surface area contributed by atoms with Crippen molar-refractivity contribution >= 4 is 33.0 Å². The third-order valence-electron chi connectivity index (χ3n) is 3.61. The first-order chi connectivity index (χ1) is 12.9. The summed E-state index contributed by atoms with van der Waals surface area (Å²) in [6.07, 6.45) is 0. The van der Waals surface area contributed by atoms with Crippen molar-refractivity contribution in [1.29, 1.82) is 0 Å². The van der Waals surface area contributed by atoms with Gasteiger partial charge in [0.2, 0.25) is 15.7 Å². The highest BCUT2D eigenvalue weighted by Crippen LogP contribution is 2.20. The predicted octanol–water partition coefficient (Wildman–Crippen LogP) is 2.37. The molecule has 0 radical (unpaired) electrons. The van der Waals surface area contributed by atoms with Crippen LogP contribution in [0.1, 0.15) is 0 Å². The van der Waals surface area contributed by atoms with Crippen LogP contribution in [0.4, 0.5) is 5.69 Å². The molecule has 3 rings (SSSR count). The van der Waals surface area contributed by atoms with Gasteiger partial charge in [-0.05, 0) is 30.3 Å². The summed E-state index contributed by atoms with van der Waals surface area (Å²) in [7, 11) is -3.90. The smallest absolute Gasteiger partial charge is 0.267 e. The minimum absolute atomic E-state index is 0.0446. The lowest BCUT2D eigenvalue weighted by Gasteiger charge is -2.09. The number of sulfone groups is 1. The van der Waals surface area contributed by atoms with E-state index in [1.165, 1.54) is 12.1 Å². The molecule has 0 saturated heterocycles. The zero-order valence-corrected chi connectivity index (χ0v) is 15.4. The fourth-order valence-electron chi connectivity index (χ4n) is 2.30. The Morgan fingerprint density at radius 2 is 1.67 bits per heavy atom. The maximum atomic E-state index is 12.6. The highest BCUT2D eigenvalue weighted by molar-refractivity contribution is 7.91. The summed E-state index contributed by atoms with van der Waals surface area (Å²) in [5.74, 6) is -0.563. The Balaban J connectivity index is 1.87. The standard InChI is InChI=1S/C18H14ClN3O4S/c19-14-8-4-5-9-15(14)20-16(23)12-22-18(24)11-10-17(21-22)27(25,26)13-6-2-1-3-7-13/h1-11H,12H2,(H,20,23). The molecule has 0 fully saturated rings. The summed E-state index contributed by atoms with van der Waals surface area (Å²) >= 11 is 5.98. The summed E-state index contributed by atoms with van der Waals surface area (Å²) in [4.78, 5) is 24.2. The second-order valence-electron chi connectivity index (χ2n) is 5.51. The number of nitrogens with one attached hydrogen (secondary N) is 1. The largest absolute Gasteiger partial charge is 0.323 e. The molecule has 3 aromatic rings. The Kier molecular flexibility index (Phi) is 5.38. The second kappa shape index (κ2) is 7.73. The maximum absolute atomic E-state index is 12.6. The minimum Gasteiger partial charge on any atom is -0.323 e. The third kappa shape index (κ3) is 4.24. The number of aromatic nitrogens is 2. The topological polar surface area (TPSA) is 98.1 Å². The van der Waals surface area contributed by atoms with E-state index in [0.29, 0.717) is 10.7 Å². The van der Waals surface area contributed by atoms with Crippen molar-refractivity contribution in [1.82, 2.24) is 9.78 Å². The normalized spacial score (nSPS) is 11.1. The van der Waals surface area contributed by atoms with Crippen LogP contribution < -0.4 is 10.9 Å². The Morgan fingerprint density at radius 3 is 2.37 bits per heavy atom. The summed E-state index contributed by atoms with van der Waals surface area (Å²) < 4.78 is 26.0.